The molecule has 3 rings (SSSR count). The summed E-state index contributed by atoms with van der Waals surface area (Å²) in [5, 5.41) is 12.3. The summed E-state index contributed by atoms with van der Waals surface area (Å²) >= 11 is 0. The number of hydrogen-bond acceptors (Lipinski definition) is 4. The van der Waals surface area contributed by atoms with Gasteiger partial charge in [-0.2, -0.15) is 5.26 Å². The Bertz CT molecular complexity index is 1160. The molecule has 0 aliphatic heterocycles. The van der Waals surface area contributed by atoms with Gasteiger partial charge in [-0.3, -0.25) is 4.79 Å². The molecule has 0 spiro atoms. The molecular weight excluding hydrogens is 407 g/mol. The zero-order valence-electron chi connectivity index (χ0n) is 17.9. The zero-order valence-corrected chi connectivity index (χ0v) is 17.9. The normalized spacial score (nSPS) is 10.9. The topological polar surface area (TPSA) is 71.3 Å². The van der Waals surface area contributed by atoms with Crippen molar-refractivity contribution in [1.29, 1.82) is 5.26 Å². The summed E-state index contributed by atoms with van der Waals surface area (Å²) in [5.41, 5.74) is 2.34. The Morgan fingerprint density at radius 2 is 1.78 bits per heavy atom. The second-order valence-corrected chi connectivity index (χ2v) is 6.91. The highest BCUT2D eigenvalue weighted by Gasteiger charge is 2.13. The lowest BCUT2D eigenvalue weighted by Crippen LogP contribution is -2.13. The van der Waals surface area contributed by atoms with Gasteiger partial charge in [0.25, 0.3) is 5.91 Å². The van der Waals surface area contributed by atoms with Crippen molar-refractivity contribution in [3.63, 3.8) is 0 Å². The van der Waals surface area contributed by atoms with Gasteiger partial charge in [0.15, 0.2) is 0 Å². The third-order valence-corrected chi connectivity index (χ3v) is 4.78. The van der Waals surface area contributed by atoms with Crippen LogP contribution in [0.4, 0.5) is 10.1 Å². The summed E-state index contributed by atoms with van der Waals surface area (Å²) in [4.78, 5) is 12.7. The minimum atomic E-state index is -0.538. The van der Waals surface area contributed by atoms with Gasteiger partial charge in [0, 0.05) is 12.1 Å². The Morgan fingerprint density at radius 1 is 1.06 bits per heavy atom. The van der Waals surface area contributed by atoms with Gasteiger partial charge in [0.2, 0.25) is 0 Å². The van der Waals surface area contributed by atoms with Crippen molar-refractivity contribution in [1.82, 2.24) is 0 Å². The van der Waals surface area contributed by atoms with Crippen LogP contribution >= 0.6 is 0 Å². The molecule has 0 atom stereocenters. The van der Waals surface area contributed by atoms with Crippen LogP contribution in [0.5, 0.6) is 11.5 Å². The first-order valence-corrected chi connectivity index (χ1v) is 10.1. The molecule has 32 heavy (non-hydrogen) atoms. The van der Waals surface area contributed by atoms with Gasteiger partial charge in [-0.15, -0.1) is 0 Å². The average molecular weight is 430 g/mol. The fourth-order valence-electron chi connectivity index (χ4n) is 3.15. The summed E-state index contributed by atoms with van der Waals surface area (Å²) in [6.45, 7) is 2.43. The van der Waals surface area contributed by atoms with Crippen LogP contribution in [0.1, 0.15) is 23.6 Å². The third kappa shape index (κ3) is 5.73. The van der Waals surface area contributed by atoms with E-state index in [1.165, 1.54) is 12.1 Å². The quantitative estimate of drug-likeness (QED) is 0.385. The molecule has 0 aliphatic rings. The molecule has 0 radical (unpaired) electrons. The second-order valence-electron chi connectivity index (χ2n) is 6.91. The van der Waals surface area contributed by atoms with Crippen LogP contribution < -0.4 is 14.8 Å². The minimum Gasteiger partial charge on any atom is -0.497 e. The van der Waals surface area contributed by atoms with Gasteiger partial charge in [-0.1, -0.05) is 24.3 Å². The molecule has 0 bridgehead atoms. The number of carbonyl (C=O) groups is 1. The number of ether oxygens (including phenoxy) is 2. The van der Waals surface area contributed by atoms with E-state index < -0.39 is 5.91 Å². The van der Waals surface area contributed by atoms with E-state index in [-0.39, 0.29) is 17.8 Å². The van der Waals surface area contributed by atoms with E-state index in [1.54, 1.807) is 67.8 Å². The maximum atomic E-state index is 14.2. The van der Waals surface area contributed by atoms with Crippen molar-refractivity contribution in [2.24, 2.45) is 0 Å². The molecule has 0 saturated heterocycles. The van der Waals surface area contributed by atoms with E-state index in [9.17, 15) is 14.4 Å². The number of rotatable bonds is 8. The standard InChI is InChI=1S/C26H23FN2O3/c1-3-32-23-12-9-22(10-13-23)29-26(30)21(17-28)14-18-8-11-24(31-2)16-20(18)15-19-6-4-5-7-25(19)27/h4-14,16H,3,15H2,1-2H3,(H,29,30)/b21-14+. The van der Waals surface area contributed by atoms with E-state index in [1.807, 2.05) is 13.0 Å². The number of nitrogens with one attached hydrogen (secondary N) is 1. The van der Waals surface area contributed by atoms with Gasteiger partial charge in [-0.25, -0.2) is 4.39 Å². The fraction of sp³-hybridized carbons (Fsp3) is 0.154. The lowest BCUT2D eigenvalue weighted by Gasteiger charge is -2.11. The number of benzene rings is 3. The first-order valence-electron chi connectivity index (χ1n) is 10.1. The number of hydrogen-bond donors (Lipinski definition) is 1. The van der Waals surface area contributed by atoms with E-state index in [2.05, 4.69) is 5.32 Å². The fourth-order valence-corrected chi connectivity index (χ4v) is 3.15. The molecule has 0 heterocycles. The molecule has 1 amide bonds. The zero-order chi connectivity index (χ0) is 22.9. The first-order chi connectivity index (χ1) is 15.5. The maximum absolute atomic E-state index is 14.2. The van der Waals surface area contributed by atoms with E-state index in [0.717, 1.165) is 5.56 Å². The van der Waals surface area contributed by atoms with Crippen LogP contribution in [0, 0.1) is 17.1 Å². The molecular formula is C26H23FN2O3. The van der Waals surface area contributed by atoms with Crippen molar-refractivity contribution < 1.29 is 18.7 Å². The molecule has 0 fully saturated rings. The lowest BCUT2D eigenvalue weighted by molar-refractivity contribution is -0.112. The van der Waals surface area contributed by atoms with Crippen LogP contribution in [-0.2, 0) is 11.2 Å². The van der Waals surface area contributed by atoms with Crippen LogP contribution in [0.15, 0.2) is 72.3 Å². The first kappa shape index (κ1) is 22.6. The Hall–Kier alpha value is -4.11. The number of nitrogens with zero attached hydrogens (tertiary/aromatic N) is 1. The summed E-state index contributed by atoms with van der Waals surface area (Å²) in [5.74, 6) is 0.437. The average Bonchev–Trinajstić information content (AvgIpc) is 2.81. The lowest BCUT2D eigenvalue weighted by atomic mass is 9.97. The van der Waals surface area contributed by atoms with Crippen molar-refractivity contribution in [2.45, 2.75) is 13.3 Å². The Kier molecular flexibility index (Phi) is 7.60. The number of methoxy groups -OCH3 is 1. The highest BCUT2D eigenvalue weighted by atomic mass is 19.1. The molecule has 162 valence electrons. The molecule has 0 unspecified atom stereocenters. The number of carbonyl (C=O) groups excluding carboxylic acids is 1. The number of anilines is 1. The number of amides is 1. The van der Waals surface area contributed by atoms with Gasteiger partial charge < -0.3 is 14.8 Å². The van der Waals surface area contributed by atoms with Gasteiger partial charge in [0.1, 0.15) is 29.0 Å². The molecule has 3 aromatic rings. The number of nitriles is 1. The summed E-state index contributed by atoms with van der Waals surface area (Å²) in [7, 11) is 1.54. The van der Waals surface area contributed by atoms with E-state index in [0.29, 0.717) is 34.9 Å². The molecule has 0 aromatic heterocycles. The Labute approximate surface area is 186 Å². The highest BCUT2D eigenvalue weighted by molar-refractivity contribution is 6.09. The summed E-state index contributed by atoms with van der Waals surface area (Å²) in [6.07, 6.45) is 1.79. The summed E-state index contributed by atoms with van der Waals surface area (Å²) < 4.78 is 24.9. The van der Waals surface area contributed by atoms with E-state index >= 15 is 0 Å². The largest absolute Gasteiger partial charge is 0.497 e. The predicted molar refractivity (Wildman–Crippen MR) is 122 cm³/mol. The Balaban J connectivity index is 1.88. The van der Waals surface area contributed by atoms with Crippen molar-refractivity contribution in [3.05, 3.63) is 94.8 Å². The molecule has 0 aliphatic carbocycles. The van der Waals surface area contributed by atoms with Crippen molar-refractivity contribution >= 4 is 17.7 Å². The molecule has 1 N–H and O–H groups in total. The second kappa shape index (κ2) is 10.8. The highest BCUT2D eigenvalue weighted by Crippen LogP contribution is 2.24. The minimum absolute atomic E-state index is 0.0705. The molecule has 0 saturated carbocycles. The van der Waals surface area contributed by atoms with Gasteiger partial charge >= 0.3 is 0 Å². The smallest absolute Gasteiger partial charge is 0.266 e. The van der Waals surface area contributed by atoms with Gasteiger partial charge in [0.05, 0.1) is 13.7 Å². The number of halogens is 1. The van der Waals surface area contributed by atoms with Crippen LogP contribution in [0.3, 0.4) is 0 Å². The monoisotopic (exact) mass is 430 g/mol. The third-order valence-electron chi connectivity index (χ3n) is 4.78. The molecule has 3 aromatic carbocycles. The Morgan fingerprint density at radius 3 is 2.44 bits per heavy atom. The maximum Gasteiger partial charge on any atom is 0.266 e. The van der Waals surface area contributed by atoms with E-state index in [4.69, 9.17) is 9.47 Å². The van der Waals surface area contributed by atoms with Crippen LogP contribution in [-0.4, -0.2) is 19.6 Å². The summed E-state index contributed by atoms with van der Waals surface area (Å²) in [6, 6.07) is 20.6. The van der Waals surface area contributed by atoms with Crippen molar-refractivity contribution in [3.8, 4) is 17.6 Å². The van der Waals surface area contributed by atoms with Crippen LogP contribution in [0.2, 0.25) is 0 Å². The molecule has 5 nitrogen and oxygen atoms in total. The van der Waals surface area contributed by atoms with Gasteiger partial charge in [-0.05, 0) is 72.2 Å². The van der Waals surface area contributed by atoms with Crippen LogP contribution in [0.25, 0.3) is 6.08 Å². The SMILES string of the molecule is CCOc1ccc(NC(=O)/C(C#N)=C/c2ccc(OC)cc2Cc2ccccc2F)cc1. The predicted octanol–water partition coefficient (Wildman–Crippen LogP) is 5.37. The molecule has 6 heteroatoms. The van der Waals surface area contributed by atoms with Crippen molar-refractivity contribution in [2.75, 3.05) is 19.0 Å².